The molecule has 0 N–H and O–H groups in total. The Morgan fingerprint density at radius 2 is 1.96 bits per heavy atom. The number of furan rings is 1. The van der Waals surface area contributed by atoms with Crippen molar-refractivity contribution in [3.8, 4) is 0 Å². The van der Waals surface area contributed by atoms with Gasteiger partial charge in [-0.25, -0.2) is 4.68 Å². The Kier molecular flexibility index (Phi) is 4.07. The van der Waals surface area contributed by atoms with E-state index in [0.717, 1.165) is 50.1 Å². The molecule has 4 rings (SSSR count). The SMILES string of the molecule is CCc1nn(CC(=O)N2CCCCCC2)c(=O)c2cc3occc3n12. The van der Waals surface area contributed by atoms with Crippen LogP contribution in [0.5, 0.6) is 0 Å². The second-order valence-corrected chi connectivity index (χ2v) is 6.56. The lowest BCUT2D eigenvalue weighted by molar-refractivity contribution is -0.132. The van der Waals surface area contributed by atoms with E-state index in [1.165, 1.54) is 4.68 Å². The summed E-state index contributed by atoms with van der Waals surface area (Å²) in [6, 6.07) is 3.56. The summed E-state index contributed by atoms with van der Waals surface area (Å²) in [5, 5.41) is 4.46. The average Bonchev–Trinajstić information content (AvgIpc) is 3.09. The van der Waals surface area contributed by atoms with Gasteiger partial charge in [0.2, 0.25) is 5.91 Å². The fourth-order valence-electron chi connectivity index (χ4n) is 3.61. The van der Waals surface area contributed by atoms with Gasteiger partial charge in [-0.1, -0.05) is 19.8 Å². The molecular formula is C18H22N4O3. The largest absolute Gasteiger partial charge is 0.463 e. The molecule has 0 atom stereocenters. The lowest BCUT2D eigenvalue weighted by Crippen LogP contribution is -2.38. The summed E-state index contributed by atoms with van der Waals surface area (Å²) >= 11 is 0. The maximum atomic E-state index is 12.8. The zero-order chi connectivity index (χ0) is 17.4. The summed E-state index contributed by atoms with van der Waals surface area (Å²) in [5.74, 6) is 0.716. The standard InChI is InChI=1S/C18H22N4O3/c1-2-16-19-21(12-17(23)20-8-5-3-4-6-9-20)18(24)14-11-15-13(22(14)16)7-10-25-15/h7,10-11H,2-6,8-9,12H2,1H3. The molecule has 0 aromatic carbocycles. The maximum Gasteiger partial charge on any atom is 0.291 e. The smallest absolute Gasteiger partial charge is 0.291 e. The van der Waals surface area contributed by atoms with Gasteiger partial charge in [0.25, 0.3) is 5.56 Å². The van der Waals surface area contributed by atoms with E-state index < -0.39 is 0 Å². The fourth-order valence-corrected chi connectivity index (χ4v) is 3.61. The number of carbonyl (C=O) groups is 1. The Bertz CT molecular complexity index is 973. The topological polar surface area (TPSA) is 72.8 Å². The van der Waals surface area contributed by atoms with E-state index in [0.29, 0.717) is 17.5 Å². The van der Waals surface area contributed by atoms with E-state index in [1.54, 1.807) is 12.3 Å². The van der Waals surface area contributed by atoms with Gasteiger partial charge in [-0.05, 0) is 12.8 Å². The van der Waals surface area contributed by atoms with Crippen LogP contribution in [0, 0.1) is 0 Å². The molecule has 0 radical (unpaired) electrons. The van der Waals surface area contributed by atoms with Gasteiger partial charge in [-0.15, -0.1) is 0 Å². The Balaban J connectivity index is 1.73. The van der Waals surface area contributed by atoms with Gasteiger partial charge in [0.15, 0.2) is 5.58 Å². The summed E-state index contributed by atoms with van der Waals surface area (Å²) in [4.78, 5) is 27.3. The normalized spacial score (nSPS) is 15.8. The third kappa shape index (κ3) is 2.73. The highest BCUT2D eigenvalue weighted by molar-refractivity contribution is 5.82. The molecule has 25 heavy (non-hydrogen) atoms. The predicted octanol–water partition coefficient (Wildman–Crippen LogP) is 2.21. The van der Waals surface area contributed by atoms with Crippen LogP contribution in [0.2, 0.25) is 0 Å². The van der Waals surface area contributed by atoms with Crippen molar-refractivity contribution >= 4 is 22.5 Å². The minimum atomic E-state index is -0.258. The fraction of sp³-hybridized carbons (Fsp3) is 0.500. The monoisotopic (exact) mass is 342 g/mol. The molecule has 1 aliphatic rings. The number of carbonyl (C=O) groups excluding carboxylic acids is 1. The third-order valence-corrected chi connectivity index (χ3v) is 4.93. The number of fused-ring (bicyclic) bond motifs is 3. The number of hydrogen-bond acceptors (Lipinski definition) is 4. The lowest BCUT2D eigenvalue weighted by Gasteiger charge is -2.20. The van der Waals surface area contributed by atoms with Gasteiger partial charge in [-0.2, -0.15) is 5.10 Å². The van der Waals surface area contributed by atoms with Gasteiger partial charge < -0.3 is 9.32 Å². The van der Waals surface area contributed by atoms with Crippen molar-refractivity contribution in [3.05, 3.63) is 34.6 Å². The van der Waals surface area contributed by atoms with Crippen LogP contribution in [0.15, 0.2) is 27.6 Å². The van der Waals surface area contributed by atoms with Crippen molar-refractivity contribution in [1.82, 2.24) is 19.1 Å². The van der Waals surface area contributed by atoms with E-state index >= 15 is 0 Å². The van der Waals surface area contributed by atoms with Gasteiger partial charge in [0.1, 0.15) is 17.9 Å². The molecule has 3 aromatic heterocycles. The van der Waals surface area contributed by atoms with Crippen LogP contribution in [0.3, 0.4) is 0 Å². The van der Waals surface area contributed by atoms with Crippen LogP contribution in [0.25, 0.3) is 16.6 Å². The van der Waals surface area contributed by atoms with Crippen LogP contribution in [0.1, 0.15) is 38.4 Å². The van der Waals surface area contributed by atoms with E-state index in [2.05, 4.69) is 5.10 Å². The molecule has 1 fully saturated rings. The van der Waals surface area contributed by atoms with Gasteiger partial charge in [-0.3, -0.25) is 14.0 Å². The maximum absolute atomic E-state index is 12.8. The van der Waals surface area contributed by atoms with Crippen molar-refractivity contribution in [3.63, 3.8) is 0 Å². The average molecular weight is 342 g/mol. The van der Waals surface area contributed by atoms with Crippen molar-refractivity contribution < 1.29 is 9.21 Å². The van der Waals surface area contributed by atoms with Crippen LogP contribution in [-0.2, 0) is 17.8 Å². The lowest BCUT2D eigenvalue weighted by atomic mass is 10.2. The number of hydrogen-bond donors (Lipinski definition) is 0. The van der Waals surface area contributed by atoms with E-state index in [1.807, 2.05) is 22.3 Å². The first-order valence-corrected chi connectivity index (χ1v) is 8.95. The molecule has 1 aliphatic heterocycles. The second-order valence-electron chi connectivity index (χ2n) is 6.56. The van der Waals surface area contributed by atoms with Crippen LogP contribution >= 0.6 is 0 Å². The molecule has 4 heterocycles. The summed E-state index contributed by atoms with van der Waals surface area (Å²) < 4.78 is 8.55. The molecule has 1 amide bonds. The Hall–Kier alpha value is -2.57. The molecule has 0 spiro atoms. The minimum Gasteiger partial charge on any atom is -0.463 e. The highest BCUT2D eigenvalue weighted by Gasteiger charge is 2.20. The number of likely N-dealkylation sites (tertiary alicyclic amines) is 1. The molecule has 0 saturated carbocycles. The van der Waals surface area contributed by atoms with Crippen LogP contribution in [-0.4, -0.2) is 38.1 Å². The molecule has 132 valence electrons. The van der Waals surface area contributed by atoms with Crippen molar-refractivity contribution in [1.29, 1.82) is 0 Å². The Morgan fingerprint density at radius 1 is 1.20 bits per heavy atom. The minimum absolute atomic E-state index is 0.00508. The Morgan fingerprint density at radius 3 is 2.68 bits per heavy atom. The first kappa shape index (κ1) is 15.9. The highest BCUT2D eigenvalue weighted by atomic mass is 16.3. The van der Waals surface area contributed by atoms with Crippen molar-refractivity contribution in [2.75, 3.05) is 13.1 Å². The highest BCUT2D eigenvalue weighted by Crippen LogP contribution is 2.20. The van der Waals surface area contributed by atoms with E-state index in [-0.39, 0.29) is 18.0 Å². The number of rotatable bonds is 3. The first-order valence-electron chi connectivity index (χ1n) is 8.95. The summed E-state index contributed by atoms with van der Waals surface area (Å²) in [6.45, 7) is 3.52. The van der Waals surface area contributed by atoms with Gasteiger partial charge in [0.05, 0.1) is 11.8 Å². The van der Waals surface area contributed by atoms with Crippen LogP contribution in [0.4, 0.5) is 0 Å². The number of aryl methyl sites for hydroxylation is 1. The van der Waals surface area contributed by atoms with Gasteiger partial charge >= 0.3 is 0 Å². The first-order chi connectivity index (χ1) is 12.2. The molecule has 3 aromatic rings. The summed E-state index contributed by atoms with van der Waals surface area (Å²) in [7, 11) is 0. The molecule has 7 heteroatoms. The van der Waals surface area contributed by atoms with E-state index in [9.17, 15) is 9.59 Å². The van der Waals surface area contributed by atoms with Gasteiger partial charge in [0, 0.05) is 31.6 Å². The zero-order valence-corrected chi connectivity index (χ0v) is 14.4. The molecule has 1 saturated heterocycles. The zero-order valence-electron chi connectivity index (χ0n) is 14.4. The number of aromatic nitrogens is 3. The third-order valence-electron chi connectivity index (χ3n) is 4.93. The van der Waals surface area contributed by atoms with Crippen LogP contribution < -0.4 is 5.56 Å². The second kappa shape index (κ2) is 6.38. The molecule has 0 unspecified atom stereocenters. The van der Waals surface area contributed by atoms with E-state index in [4.69, 9.17) is 4.42 Å². The molecule has 0 bridgehead atoms. The Labute approximate surface area is 144 Å². The summed E-state index contributed by atoms with van der Waals surface area (Å²) in [6.07, 6.45) is 6.65. The molecule has 0 aliphatic carbocycles. The summed E-state index contributed by atoms with van der Waals surface area (Å²) in [5.41, 5.74) is 1.74. The van der Waals surface area contributed by atoms with Crippen molar-refractivity contribution in [2.24, 2.45) is 0 Å². The van der Waals surface area contributed by atoms with Crippen molar-refractivity contribution in [2.45, 2.75) is 45.6 Å². The molecule has 7 nitrogen and oxygen atoms in total. The predicted molar refractivity (Wildman–Crippen MR) is 93.7 cm³/mol. The quantitative estimate of drug-likeness (QED) is 0.731. The number of nitrogens with zero attached hydrogens (tertiary/aromatic N) is 4. The number of amides is 1. The molecular weight excluding hydrogens is 320 g/mol.